The van der Waals surface area contributed by atoms with E-state index in [1.54, 1.807) is 13.3 Å². The van der Waals surface area contributed by atoms with Gasteiger partial charge in [0, 0.05) is 23.5 Å². The van der Waals surface area contributed by atoms with Gasteiger partial charge in [-0.05, 0) is 43.9 Å². The first kappa shape index (κ1) is 18.2. The molecule has 2 aromatic heterocycles. The SMILES string of the molecule is COc1cccc(-c2nc3ncccn3c2NC(C)(C)CC(C)(C)C)c1. The van der Waals surface area contributed by atoms with Crippen LogP contribution in [0.2, 0.25) is 0 Å². The van der Waals surface area contributed by atoms with Crippen LogP contribution in [0.1, 0.15) is 41.0 Å². The van der Waals surface area contributed by atoms with Crippen molar-refractivity contribution in [2.75, 3.05) is 12.4 Å². The number of ether oxygens (including phenoxy) is 1. The standard InChI is InChI=1S/C21H28N4O/c1-20(2,3)14-21(4,5)24-18-17(15-9-7-10-16(13-15)26-6)23-19-22-11-8-12-25(18)19/h7-13,24H,14H2,1-6H3. The fraction of sp³-hybridized carbons (Fsp3) is 0.429. The van der Waals surface area contributed by atoms with E-state index in [4.69, 9.17) is 9.72 Å². The molecule has 0 aliphatic carbocycles. The van der Waals surface area contributed by atoms with Gasteiger partial charge in [-0.1, -0.05) is 32.9 Å². The average molecular weight is 352 g/mol. The van der Waals surface area contributed by atoms with Crippen LogP contribution < -0.4 is 10.1 Å². The van der Waals surface area contributed by atoms with Gasteiger partial charge in [0.25, 0.3) is 0 Å². The summed E-state index contributed by atoms with van der Waals surface area (Å²) in [6, 6.07) is 9.89. The first-order valence-corrected chi connectivity index (χ1v) is 8.94. The molecule has 0 unspecified atom stereocenters. The van der Waals surface area contributed by atoms with Gasteiger partial charge in [0.15, 0.2) is 0 Å². The number of nitrogens with one attached hydrogen (secondary N) is 1. The molecule has 0 saturated carbocycles. The lowest BCUT2D eigenvalue weighted by atomic mass is 9.82. The van der Waals surface area contributed by atoms with Crippen LogP contribution in [0.25, 0.3) is 17.0 Å². The minimum Gasteiger partial charge on any atom is -0.497 e. The lowest BCUT2D eigenvalue weighted by molar-refractivity contribution is 0.302. The maximum absolute atomic E-state index is 5.39. The van der Waals surface area contributed by atoms with Crippen LogP contribution in [0.5, 0.6) is 5.75 Å². The van der Waals surface area contributed by atoms with E-state index in [0.717, 1.165) is 29.2 Å². The molecule has 26 heavy (non-hydrogen) atoms. The first-order chi connectivity index (χ1) is 12.2. The first-order valence-electron chi connectivity index (χ1n) is 8.94. The van der Waals surface area contributed by atoms with Crippen molar-refractivity contribution in [2.24, 2.45) is 5.41 Å². The molecule has 0 aliphatic heterocycles. The van der Waals surface area contributed by atoms with E-state index in [1.165, 1.54) is 0 Å². The zero-order valence-electron chi connectivity index (χ0n) is 16.5. The van der Waals surface area contributed by atoms with Crippen molar-refractivity contribution in [3.8, 4) is 17.0 Å². The maximum atomic E-state index is 5.39. The molecular weight excluding hydrogens is 324 g/mol. The molecule has 1 aromatic carbocycles. The Bertz CT molecular complexity index is 906. The Hall–Kier alpha value is -2.56. The maximum Gasteiger partial charge on any atom is 0.235 e. The van der Waals surface area contributed by atoms with E-state index in [1.807, 2.05) is 40.9 Å². The Labute approximate surface area is 155 Å². The number of anilines is 1. The molecule has 0 bridgehead atoms. The molecule has 1 N–H and O–H groups in total. The summed E-state index contributed by atoms with van der Waals surface area (Å²) in [6.07, 6.45) is 4.78. The van der Waals surface area contributed by atoms with Gasteiger partial charge in [-0.2, -0.15) is 0 Å². The number of hydrogen-bond donors (Lipinski definition) is 1. The van der Waals surface area contributed by atoms with Gasteiger partial charge in [0.1, 0.15) is 17.3 Å². The number of hydrogen-bond acceptors (Lipinski definition) is 4. The van der Waals surface area contributed by atoms with E-state index >= 15 is 0 Å². The quantitative estimate of drug-likeness (QED) is 0.699. The van der Waals surface area contributed by atoms with E-state index < -0.39 is 0 Å². The van der Waals surface area contributed by atoms with Crippen LogP contribution in [-0.2, 0) is 0 Å². The lowest BCUT2D eigenvalue weighted by Gasteiger charge is -2.34. The van der Waals surface area contributed by atoms with Gasteiger partial charge in [-0.3, -0.25) is 4.40 Å². The van der Waals surface area contributed by atoms with Crippen LogP contribution in [0.15, 0.2) is 42.7 Å². The molecule has 2 heterocycles. The predicted molar refractivity (Wildman–Crippen MR) is 107 cm³/mol. The molecule has 0 radical (unpaired) electrons. The number of rotatable bonds is 5. The Kier molecular flexibility index (Phi) is 4.65. The summed E-state index contributed by atoms with van der Waals surface area (Å²) in [5.41, 5.74) is 2.00. The van der Waals surface area contributed by atoms with Crippen molar-refractivity contribution in [1.82, 2.24) is 14.4 Å². The summed E-state index contributed by atoms with van der Waals surface area (Å²) in [4.78, 5) is 9.19. The minimum absolute atomic E-state index is 0.0995. The van der Waals surface area contributed by atoms with E-state index in [2.05, 4.69) is 44.9 Å². The third-order valence-corrected chi connectivity index (χ3v) is 4.18. The summed E-state index contributed by atoms with van der Waals surface area (Å²) in [6.45, 7) is 11.2. The Balaban J connectivity index is 2.11. The summed E-state index contributed by atoms with van der Waals surface area (Å²) in [7, 11) is 1.68. The summed E-state index contributed by atoms with van der Waals surface area (Å²) in [5.74, 6) is 2.45. The van der Waals surface area contributed by atoms with Crippen LogP contribution >= 0.6 is 0 Å². The number of aromatic nitrogens is 3. The number of benzene rings is 1. The second kappa shape index (κ2) is 6.63. The third kappa shape index (κ3) is 3.98. The molecule has 0 saturated heterocycles. The zero-order valence-corrected chi connectivity index (χ0v) is 16.5. The van der Waals surface area contributed by atoms with Crippen molar-refractivity contribution in [3.05, 3.63) is 42.7 Å². The summed E-state index contributed by atoms with van der Waals surface area (Å²) >= 11 is 0. The average Bonchev–Trinajstić information content (AvgIpc) is 2.91. The highest BCUT2D eigenvalue weighted by molar-refractivity contribution is 5.76. The molecule has 0 spiro atoms. The summed E-state index contributed by atoms with van der Waals surface area (Å²) in [5, 5.41) is 3.72. The monoisotopic (exact) mass is 352 g/mol. The van der Waals surface area contributed by atoms with E-state index in [9.17, 15) is 0 Å². The molecule has 0 amide bonds. The van der Waals surface area contributed by atoms with Gasteiger partial charge in [0.05, 0.1) is 7.11 Å². The molecular formula is C21H28N4O. The van der Waals surface area contributed by atoms with Crippen molar-refractivity contribution < 1.29 is 4.74 Å². The van der Waals surface area contributed by atoms with Gasteiger partial charge in [-0.25, -0.2) is 9.97 Å². The van der Waals surface area contributed by atoms with Gasteiger partial charge >= 0.3 is 0 Å². The van der Waals surface area contributed by atoms with Crippen LogP contribution in [-0.4, -0.2) is 27.0 Å². The van der Waals surface area contributed by atoms with Crippen molar-refractivity contribution >= 4 is 11.6 Å². The highest BCUT2D eigenvalue weighted by Crippen LogP contribution is 2.35. The minimum atomic E-state index is -0.0995. The summed E-state index contributed by atoms with van der Waals surface area (Å²) < 4.78 is 7.40. The number of imidazole rings is 1. The van der Waals surface area contributed by atoms with Crippen LogP contribution in [0.3, 0.4) is 0 Å². The molecule has 0 atom stereocenters. The predicted octanol–water partition coefficient (Wildman–Crippen LogP) is 5.03. The highest BCUT2D eigenvalue weighted by atomic mass is 16.5. The van der Waals surface area contributed by atoms with Crippen LogP contribution in [0, 0.1) is 5.41 Å². The number of methoxy groups -OCH3 is 1. The van der Waals surface area contributed by atoms with Crippen molar-refractivity contribution in [1.29, 1.82) is 0 Å². The molecule has 3 rings (SSSR count). The second-order valence-electron chi connectivity index (χ2n) is 8.58. The topological polar surface area (TPSA) is 51.5 Å². The Morgan fingerprint density at radius 2 is 1.88 bits per heavy atom. The smallest absolute Gasteiger partial charge is 0.235 e. The fourth-order valence-corrected chi connectivity index (χ4v) is 3.67. The van der Waals surface area contributed by atoms with Gasteiger partial charge in [0.2, 0.25) is 5.78 Å². The number of fused-ring (bicyclic) bond motifs is 1. The normalized spacial score (nSPS) is 12.4. The molecule has 138 valence electrons. The Morgan fingerprint density at radius 3 is 2.58 bits per heavy atom. The Morgan fingerprint density at radius 1 is 1.12 bits per heavy atom. The molecule has 0 fully saturated rings. The molecule has 0 aliphatic rings. The van der Waals surface area contributed by atoms with E-state index in [-0.39, 0.29) is 11.0 Å². The van der Waals surface area contributed by atoms with Gasteiger partial charge in [-0.15, -0.1) is 0 Å². The largest absolute Gasteiger partial charge is 0.497 e. The van der Waals surface area contributed by atoms with Crippen LogP contribution in [0.4, 0.5) is 5.82 Å². The fourth-order valence-electron chi connectivity index (χ4n) is 3.67. The second-order valence-corrected chi connectivity index (χ2v) is 8.58. The van der Waals surface area contributed by atoms with Crippen molar-refractivity contribution in [3.63, 3.8) is 0 Å². The third-order valence-electron chi connectivity index (χ3n) is 4.18. The lowest BCUT2D eigenvalue weighted by Crippen LogP contribution is -2.36. The van der Waals surface area contributed by atoms with Gasteiger partial charge < -0.3 is 10.1 Å². The molecule has 5 heteroatoms. The zero-order chi connectivity index (χ0) is 18.9. The number of nitrogens with zero attached hydrogens (tertiary/aromatic N) is 3. The molecule has 3 aromatic rings. The highest BCUT2D eigenvalue weighted by Gasteiger charge is 2.28. The van der Waals surface area contributed by atoms with Crippen molar-refractivity contribution in [2.45, 2.75) is 46.6 Å². The van der Waals surface area contributed by atoms with E-state index in [0.29, 0.717) is 5.78 Å². The molecule has 5 nitrogen and oxygen atoms in total.